The molecule has 102 valence electrons. The summed E-state index contributed by atoms with van der Waals surface area (Å²) < 4.78 is 0.300. The van der Waals surface area contributed by atoms with Crippen LogP contribution in [0.2, 0.25) is 0 Å². The second-order valence-corrected chi connectivity index (χ2v) is 8.42. The summed E-state index contributed by atoms with van der Waals surface area (Å²) in [7, 11) is 1.99. The first-order valence-electron chi connectivity index (χ1n) is 6.13. The topological polar surface area (TPSA) is 32.3 Å². The number of rotatable bonds is 5. The van der Waals surface area contributed by atoms with Crippen LogP contribution in [-0.2, 0) is 4.79 Å². The predicted molar refractivity (Wildman–Crippen MR) is 77.6 cm³/mol. The van der Waals surface area contributed by atoms with Crippen LogP contribution in [0.4, 0.5) is 0 Å². The standard InChI is InChI=1S/C13H28N2OS/c1-12(2,3)14-11(16)10-15(7)8-9-17-13(4,5)6/h8-10H2,1-7H3,(H,14,16). The highest BCUT2D eigenvalue weighted by atomic mass is 32.2. The summed E-state index contributed by atoms with van der Waals surface area (Å²) in [5.41, 5.74) is -0.141. The molecule has 0 saturated carbocycles. The van der Waals surface area contributed by atoms with E-state index >= 15 is 0 Å². The lowest BCUT2D eigenvalue weighted by molar-refractivity contribution is -0.123. The molecule has 4 heteroatoms. The van der Waals surface area contributed by atoms with E-state index < -0.39 is 0 Å². The normalized spacial score (nSPS) is 12.9. The lowest BCUT2D eigenvalue weighted by Gasteiger charge is -2.24. The summed E-state index contributed by atoms with van der Waals surface area (Å²) in [6.07, 6.45) is 0. The Morgan fingerprint density at radius 1 is 1.18 bits per heavy atom. The van der Waals surface area contributed by atoms with Crippen molar-refractivity contribution in [2.24, 2.45) is 0 Å². The largest absolute Gasteiger partial charge is 0.350 e. The summed E-state index contributed by atoms with van der Waals surface area (Å²) in [6, 6.07) is 0. The van der Waals surface area contributed by atoms with Gasteiger partial charge in [0.1, 0.15) is 0 Å². The zero-order valence-corrected chi connectivity index (χ0v) is 13.2. The molecule has 1 amide bonds. The Balaban J connectivity index is 3.79. The Morgan fingerprint density at radius 3 is 2.12 bits per heavy atom. The molecule has 0 aromatic rings. The van der Waals surface area contributed by atoms with Gasteiger partial charge in [0.15, 0.2) is 0 Å². The number of carbonyl (C=O) groups excluding carboxylic acids is 1. The monoisotopic (exact) mass is 260 g/mol. The molecular weight excluding hydrogens is 232 g/mol. The van der Waals surface area contributed by atoms with E-state index in [0.717, 1.165) is 12.3 Å². The first-order chi connectivity index (χ1) is 7.49. The van der Waals surface area contributed by atoms with Crippen LogP contribution in [0.15, 0.2) is 0 Å². The summed E-state index contributed by atoms with van der Waals surface area (Å²) in [6.45, 7) is 14.1. The van der Waals surface area contributed by atoms with Crippen molar-refractivity contribution in [2.45, 2.75) is 51.8 Å². The number of nitrogens with one attached hydrogen (secondary N) is 1. The minimum absolute atomic E-state index is 0.0979. The smallest absolute Gasteiger partial charge is 0.234 e. The van der Waals surface area contributed by atoms with E-state index in [4.69, 9.17) is 0 Å². The first kappa shape index (κ1) is 16.8. The van der Waals surface area contributed by atoms with Gasteiger partial charge in [0.2, 0.25) is 5.91 Å². The summed E-state index contributed by atoms with van der Waals surface area (Å²) in [5.74, 6) is 1.16. The molecule has 17 heavy (non-hydrogen) atoms. The van der Waals surface area contributed by atoms with Crippen molar-refractivity contribution in [3.8, 4) is 0 Å². The number of carbonyl (C=O) groups is 1. The summed E-state index contributed by atoms with van der Waals surface area (Å²) >= 11 is 1.93. The second kappa shape index (κ2) is 6.64. The summed E-state index contributed by atoms with van der Waals surface area (Å²) in [4.78, 5) is 13.7. The van der Waals surface area contributed by atoms with Crippen molar-refractivity contribution >= 4 is 17.7 Å². The first-order valence-corrected chi connectivity index (χ1v) is 7.12. The van der Waals surface area contributed by atoms with Crippen LogP contribution >= 0.6 is 11.8 Å². The van der Waals surface area contributed by atoms with E-state index in [1.165, 1.54) is 0 Å². The van der Waals surface area contributed by atoms with Gasteiger partial charge in [0, 0.05) is 22.6 Å². The molecule has 1 N–H and O–H groups in total. The van der Waals surface area contributed by atoms with Crippen LogP contribution in [0.5, 0.6) is 0 Å². The Kier molecular flexibility index (Phi) is 6.56. The number of thioether (sulfide) groups is 1. The molecule has 0 radical (unpaired) electrons. The van der Waals surface area contributed by atoms with Gasteiger partial charge in [-0.2, -0.15) is 11.8 Å². The number of nitrogens with zero attached hydrogens (tertiary/aromatic N) is 1. The molecular formula is C13H28N2OS. The van der Waals surface area contributed by atoms with Gasteiger partial charge in [-0.15, -0.1) is 0 Å². The van der Waals surface area contributed by atoms with Gasteiger partial charge in [0.05, 0.1) is 6.54 Å². The van der Waals surface area contributed by atoms with E-state index in [1.807, 2.05) is 39.6 Å². The molecule has 0 atom stereocenters. The Bertz CT molecular complexity index is 241. The SMILES string of the molecule is CN(CCSC(C)(C)C)CC(=O)NC(C)(C)C. The number of likely N-dealkylation sites (N-methyl/N-ethyl adjacent to an activating group) is 1. The molecule has 0 heterocycles. The maximum absolute atomic E-state index is 11.7. The van der Waals surface area contributed by atoms with Crippen LogP contribution in [0.25, 0.3) is 0 Å². The number of hydrogen-bond donors (Lipinski definition) is 1. The molecule has 0 aromatic carbocycles. The van der Waals surface area contributed by atoms with Gasteiger partial charge in [0.25, 0.3) is 0 Å². The molecule has 0 saturated heterocycles. The van der Waals surface area contributed by atoms with E-state index in [-0.39, 0.29) is 11.4 Å². The van der Waals surface area contributed by atoms with Gasteiger partial charge >= 0.3 is 0 Å². The Hall–Kier alpha value is -0.220. The highest BCUT2D eigenvalue weighted by Crippen LogP contribution is 2.22. The van der Waals surface area contributed by atoms with Crippen molar-refractivity contribution in [1.82, 2.24) is 10.2 Å². The van der Waals surface area contributed by atoms with Crippen molar-refractivity contribution in [3.05, 3.63) is 0 Å². The van der Waals surface area contributed by atoms with Gasteiger partial charge < -0.3 is 5.32 Å². The molecule has 0 bridgehead atoms. The molecule has 0 aromatic heterocycles. The average molecular weight is 260 g/mol. The van der Waals surface area contributed by atoms with Crippen molar-refractivity contribution in [3.63, 3.8) is 0 Å². The van der Waals surface area contributed by atoms with Crippen LogP contribution in [0.1, 0.15) is 41.5 Å². The zero-order chi connectivity index (χ0) is 13.7. The molecule has 0 aliphatic heterocycles. The third kappa shape index (κ3) is 12.0. The Morgan fingerprint density at radius 2 is 1.71 bits per heavy atom. The molecule has 0 unspecified atom stereocenters. The fourth-order valence-corrected chi connectivity index (χ4v) is 2.30. The van der Waals surface area contributed by atoms with Gasteiger partial charge in [-0.1, -0.05) is 20.8 Å². The van der Waals surface area contributed by atoms with Crippen molar-refractivity contribution in [1.29, 1.82) is 0 Å². The minimum Gasteiger partial charge on any atom is -0.350 e. The minimum atomic E-state index is -0.141. The lowest BCUT2D eigenvalue weighted by Crippen LogP contribution is -2.45. The quantitative estimate of drug-likeness (QED) is 0.823. The van der Waals surface area contributed by atoms with E-state index in [9.17, 15) is 4.79 Å². The maximum atomic E-state index is 11.7. The van der Waals surface area contributed by atoms with Crippen LogP contribution < -0.4 is 5.32 Å². The molecule has 0 fully saturated rings. The van der Waals surface area contributed by atoms with E-state index in [0.29, 0.717) is 11.3 Å². The highest BCUT2D eigenvalue weighted by molar-refractivity contribution is 8.00. The zero-order valence-electron chi connectivity index (χ0n) is 12.4. The number of amides is 1. The fraction of sp³-hybridized carbons (Fsp3) is 0.923. The van der Waals surface area contributed by atoms with Crippen LogP contribution in [0, 0.1) is 0 Å². The second-order valence-electron chi connectivity index (χ2n) is 6.50. The van der Waals surface area contributed by atoms with Gasteiger partial charge in [-0.25, -0.2) is 0 Å². The molecule has 0 aliphatic carbocycles. The van der Waals surface area contributed by atoms with Crippen LogP contribution in [0.3, 0.4) is 0 Å². The Labute approximate surface area is 111 Å². The molecule has 0 spiro atoms. The lowest BCUT2D eigenvalue weighted by atomic mass is 10.1. The average Bonchev–Trinajstić information content (AvgIpc) is 1.96. The van der Waals surface area contributed by atoms with Gasteiger partial charge in [-0.05, 0) is 27.8 Å². The van der Waals surface area contributed by atoms with Crippen molar-refractivity contribution < 1.29 is 4.79 Å². The molecule has 0 aliphatic rings. The summed E-state index contributed by atoms with van der Waals surface area (Å²) in [5, 5.41) is 2.97. The fourth-order valence-electron chi connectivity index (χ4n) is 1.29. The molecule has 0 rings (SSSR count). The highest BCUT2D eigenvalue weighted by Gasteiger charge is 2.15. The number of hydrogen-bond acceptors (Lipinski definition) is 3. The van der Waals surface area contributed by atoms with Crippen molar-refractivity contribution in [2.75, 3.05) is 25.9 Å². The van der Waals surface area contributed by atoms with E-state index in [1.54, 1.807) is 0 Å². The molecule has 3 nitrogen and oxygen atoms in total. The maximum Gasteiger partial charge on any atom is 0.234 e. The third-order valence-corrected chi connectivity index (χ3v) is 3.19. The van der Waals surface area contributed by atoms with Gasteiger partial charge in [-0.3, -0.25) is 9.69 Å². The third-order valence-electron chi connectivity index (χ3n) is 1.94. The predicted octanol–water partition coefficient (Wildman–Crippen LogP) is 2.36. The van der Waals surface area contributed by atoms with E-state index in [2.05, 4.69) is 31.0 Å². The van der Waals surface area contributed by atoms with Crippen LogP contribution in [-0.4, -0.2) is 47.0 Å².